The Kier molecular flexibility index (Phi) is 5.01. The van der Waals surface area contributed by atoms with Gasteiger partial charge in [-0.2, -0.15) is 0 Å². The maximum absolute atomic E-state index is 12.8. The first-order valence-electron chi connectivity index (χ1n) is 8.48. The number of aromatic nitrogens is 1. The van der Waals surface area contributed by atoms with Gasteiger partial charge in [0.1, 0.15) is 9.88 Å². The molecule has 1 fully saturated rings. The third kappa shape index (κ3) is 3.10. The molecular formula is C19H24N2O2S. The van der Waals surface area contributed by atoms with E-state index in [0.29, 0.717) is 13.2 Å². The molecule has 0 spiro atoms. The molecule has 3 rings (SSSR count). The van der Waals surface area contributed by atoms with Crippen LogP contribution >= 0.6 is 11.3 Å². The Labute approximate surface area is 147 Å². The summed E-state index contributed by atoms with van der Waals surface area (Å²) < 4.78 is 5.40. The molecule has 24 heavy (non-hydrogen) atoms. The maximum atomic E-state index is 12.8. The van der Waals surface area contributed by atoms with E-state index in [1.807, 2.05) is 24.8 Å². The van der Waals surface area contributed by atoms with Crippen LogP contribution in [0.3, 0.4) is 0 Å². The molecular weight excluding hydrogens is 320 g/mol. The number of ether oxygens (including phenoxy) is 1. The Morgan fingerprint density at radius 2 is 2.00 bits per heavy atom. The Balaban J connectivity index is 1.71. The highest BCUT2D eigenvalue weighted by Gasteiger charge is 2.45. The fraction of sp³-hybridized carbons (Fsp3) is 0.474. The molecule has 0 bridgehead atoms. The monoisotopic (exact) mass is 344 g/mol. The Morgan fingerprint density at radius 3 is 2.62 bits per heavy atom. The fourth-order valence-electron chi connectivity index (χ4n) is 3.28. The van der Waals surface area contributed by atoms with Gasteiger partial charge in [-0.1, -0.05) is 37.3 Å². The summed E-state index contributed by atoms with van der Waals surface area (Å²) in [6, 6.07) is 10.5. The van der Waals surface area contributed by atoms with E-state index < -0.39 is 0 Å². The number of likely N-dealkylation sites (tertiary alicyclic amines) is 1. The van der Waals surface area contributed by atoms with E-state index >= 15 is 0 Å². The highest BCUT2D eigenvalue weighted by molar-refractivity contribution is 7.13. The van der Waals surface area contributed by atoms with Gasteiger partial charge in [0, 0.05) is 25.1 Å². The lowest BCUT2D eigenvalue weighted by atomic mass is 9.71. The van der Waals surface area contributed by atoms with Crippen LogP contribution in [0, 0.1) is 6.92 Å². The van der Waals surface area contributed by atoms with E-state index in [1.54, 1.807) is 0 Å². The number of hydrogen-bond donors (Lipinski definition) is 0. The van der Waals surface area contributed by atoms with Gasteiger partial charge in [-0.15, -0.1) is 11.3 Å². The zero-order chi connectivity index (χ0) is 17.2. The fourth-order valence-corrected chi connectivity index (χ4v) is 4.25. The van der Waals surface area contributed by atoms with E-state index in [2.05, 4.69) is 36.2 Å². The van der Waals surface area contributed by atoms with Gasteiger partial charge in [-0.25, -0.2) is 4.98 Å². The van der Waals surface area contributed by atoms with Gasteiger partial charge in [0.15, 0.2) is 0 Å². The van der Waals surface area contributed by atoms with E-state index in [1.165, 1.54) is 16.9 Å². The van der Waals surface area contributed by atoms with Gasteiger partial charge in [0.05, 0.1) is 12.3 Å². The summed E-state index contributed by atoms with van der Waals surface area (Å²) >= 11 is 1.46. The zero-order valence-electron chi connectivity index (χ0n) is 14.5. The molecule has 0 N–H and O–H groups in total. The second-order valence-electron chi connectivity index (χ2n) is 6.32. The lowest BCUT2D eigenvalue weighted by Crippen LogP contribution is -2.60. The number of hydrogen-bond acceptors (Lipinski definition) is 4. The molecule has 0 atom stereocenters. The predicted octanol–water partition coefficient (Wildman–Crippen LogP) is 3.79. The highest BCUT2D eigenvalue weighted by atomic mass is 32.1. The molecule has 0 unspecified atom stereocenters. The van der Waals surface area contributed by atoms with Crippen LogP contribution in [0.25, 0.3) is 0 Å². The number of carbonyl (C=O) groups excluding carboxylic acids is 1. The Morgan fingerprint density at radius 1 is 1.29 bits per heavy atom. The van der Waals surface area contributed by atoms with Crippen molar-refractivity contribution in [1.29, 1.82) is 0 Å². The Bertz CT molecular complexity index is 705. The van der Waals surface area contributed by atoms with Crippen LogP contribution < -0.4 is 0 Å². The minimum absolute atomic E-state index is 0.101. The zero-order valence-corrected chi connectivity index (χ0v) is 15.4. The SMILES string of the molecule is CCOCc1nc(C)c(C(=O)N2CC(CC)(c3ccccc3)C2)s1. The first-order valence-corrected chi connectivity index (χ1v) is 9.30. The van der Waals surface area contributed by atoms with E-state index in [4.69, 9.17) is 4.74 Å². The van der Waals surface area contributed by atoms with Crippen LogP contribution in [-0.4, -0.2) is 35.5 Å². The van der Waals surface area contributed by atoms with Crippen LogP contribution in [-0.2, 0) is 16.8 Å². The number of amides is 1. The molecule has 128 valence electrons. The third-order valence-corrected chi connectivity index (χ3v) is 5.92. The van der Waals surface area contributed by atoms with Gasteiger partial charge >= 0.3 is 0 Å². The summed E-state index contributed by atoms with van der Waals surface area (Å²) in [6.45, 7) is 8.77. The van der Waals surface area contributed by atoms with E-state index in [9.17, 15) is 4.79 Å². The van der Waals surface area contributed by atoms with Crippen LogP contribution in [0.5, 0.6) is 0 Å². The molecule has 1 saturated heterocycles. The molecule has 1 amide bonds. The molecule has 5 heteroatoms. The quantitative estimate of drug-likeness (QED) is 0.801. The van der Waals surface area contributed by atoms with Crippen molar-refractivity contribution in [3.63, 3.8) is 0 Å². The average Bonchev–Trinajstić information content (AvgIpc) is 2.94. The van der Waals surface area contributed by atoms with Crippen LogP contribution in [0.4, 0.5) is 0 Å². The normalized spacial score (nSPS) is 16.0. The molecule has 2 heterocycles. The number of rotatable bonds is 6. The number of aryl methyl sites for hydroxylation is 1. The smallest absolute Gasteiger partial charge is 0.265 e. The van der Waals surface area contributed by atoms with Crippen LogP contribution in [0.15, 0.2) is 30.3 Å². The summed E-state index contributed by atoms with van der Waals surface area (Å²) in [7, 11) is 0. The van der Waals surface area contributed by atoms with Crippen molar-refractivity contribution in [1.82, 2.24) is 9.88 Å². The third-order valence-electron chi connectivity index (χ3n) is 4.80. The second-order valence-corrected chi connectivity index (χ2v) is 7.40. The van der Waals surface area contributed by atoms with Crippen molar-refractivity contribution >= 4 is 17.2 Å². The summed E-state index contributed by atoms with van der Waals surface area (Å²) in [4.78, 5) is 20.0. The van der Waals surface area contributed by atoms with Gasteiger partial charge < -0.3 is 9.64 Å². The second kappa shape index (κ2) is 7.03. The predicted molar refractivity (Wildman–Crippen MR) is 96.5 cm³/mol. The Hall–Kier alpha value is -1.72. The molecule has 2 aromatic rings. The molecule has 0 saturated carbocycles. The molecule has 0 aliphatic carbocycles. The lowest BCUT2D eigenvalue weighted by molar-refractivity contribution is 0.0380. The molecule has 1 aromatic heterocycles. The first kappa shape index (κ1) is 17.1. The summed E-state index contributed by atoms with van der Waals surface area (Å²) in [5, 5.41) is 0.878. The van der Waals surface area contributed by atoms with Crippen molar-refractivity contribution in [2.45, 2.75) is 39.2 Å². The molecule has 0 radical (unpaired) electrons. The van der Waals surface area contributed by atoms with Crippen LogP contribution in [0.2, 0.25) is 0 Å². The van der Waals surface area contributed by atoms with Crippen molar-refractivity contribution in [2.24, 2.45) is 0 Å². The maximum Gasteiger partial charge on any atom is 0.265 e. The van der Waals surface area contributed by atoms with Crippen molar-refractivity contribution in [3.8, 4) is 0 Å². The largest absolute Gasteiger partial charge is 0.375 e. The van der Waals surface area contributed by atoms with E-state index in [-0.39, 0.29) is 11.3 Å². The van der Waals surface area contributed by atoms with E-state index in [0.717, 1.165) is 35.1 Å². The standard InChI is InChI=1S/C19H24N2O2S/c1-4-19(15-9-7-6-8-10-15)12-21(13-19)18(22)17-14(3)20-16(24-17)11-23-5-2/h6-10H,4-5,11-13H2,1-3H3. The minimum atomic E-state index is 0.101. The van der Waals surface area contributed by atoms with Crippen molar-refractivity contribution in [3.05, 3.63) is 51.5 Å². The van der Waals surface area contributed by atoms with Gasteiger partial charge in [0.25, 0.3) is 5.91 Å². The molecule has 1 aliphatic heterocycles. The number of thiazole rings is 1. The van der Waals surface area contributed by atoms with Gasteiger partial charge in [0.2, 0.25) is 0 Å². The first-order chi connectivity index (χ1) is 11.6. The molecule has 1 aliphatic rings. The molecule has 4 nitrogen and oxygen atoms in total. The topological polar surface area (TPSA) is 42.4 Å². The number of benzene rings is 1. The van der Waals surface area contributed by atoms with Gasteiger partial charge in [-0.3, -0.25) is 4.79 Å². The van der Waals surface area contributed by atoms with Gasteiger partial charge in [-0.05, 0) is 25.8 Å². The average molecular weight is 344 g/mol. The minimum Gasteiger partial charge on any atom is -0.375 e. The summed E-state index contributed by atoms with van der Waals surface area (Å²) in [6.07, 6.45) is 1.04. The van der Waals surface area contributed by atoms with Crippen LogP contribution in [0.1, 0.15) is 46.2 Å². The summed E-state index contributed by atoms with van der Waals surface area (Å²) in [5.41, 5.74) is 2.24. The number of nitrogens with zero attached hydrogens (tertiary/aromatic N) is 2. The number of carbonyl (C=O) groups is 1. The van der Waals surface area contributed by atoms with Crippen molar-refractivity contribution in [2.75, 3.05) is 19.7 Å². The van der Waals surface area contributed by atoms with Crippen molar-refractivity contribution < 1.29 is 9.53 Å². The summed E-state index contributed by atoms with van der Waals surface area (Å²) in [5.74, 6) is 0.104. The lowest BCUT2D eigenvalue weighted by Gasteiger charge is -2.50. The molecule has 1 aromatic carbocycles. The highest BCUT2D eigenvalue weighted by Crippen LogP contribution is 2.39.